The molecule has 10 atom stereocenters. The fourth-order valence-corrected chi connectivity index (χ4v) is 11.7. The molecule has 0 spiro atoms. The Hall–Kier alpha value is -1.07. The summed E-state index contributed by atoms with van der Waals surface area (Å²) < 4.78 is 47.4. The van der Waals surface area contributed by atoms with Gasteiger partial charge in [0.25, 0.3) is 0 Å². The molecule has 358 valence electrons. The first-order valence-corrected chi connectivity index (χ1v) is 32.5. The summed E-state index contributed by atoms with van der Waals surface area (Å²) in [6.45, 7) is 49.6. The molecule has 0 aromatic heterocycles. The predicted octanol–water partition coefficient (Wildman–Crippen LogP) is 12.3. The van der Waals surface area contributed by atoms with Gasteiger partial charge in [0.15, 0.2) is 30.7 Å². The first-order valence-electron chi connectivity index (χ1n) is 23.8. The Balaban J connectivity index is 1.86. The average molecular weight is 922 g/mol. The van der Waals surface area contributed by atoms with Gasteiger partial charge in [-0.05, 0) is 110 Å². The van der Waals surface area contributed by atoms with Gasteiger partial charge in [-0.3, -0.25) is 9.59 Å². The molecular weight excluding hydrogens is 829 g/mol. The van der Waals surface area contributed by atoms with Crippen molar-refractivity contribution in [3.63, 3.8) is 0 Å². The number of hydrogen-bond donors (Lipinski definition) is 0. The number of ether oxygens (including phenoxy) is 4. The topological polar surface area (TPSA) is 98.8 Å². The zero-order chi connectivity index (χ0) is 47.2. The fraction of sp³-hybridized carbons (Fsp3) is 0.840. The maximum atomic E-state index is 14.0. The number of Topliss-reactive ketones (excluding diaryl/α,β-unsaturated/α-hetero) is 1. The molecule has 9 nitrogen and oxygen atoms in total. The number of allylic oxidation sites excluding steroid dienone is 1. The minimum Gasteiger partial charge on any atom is -0.416 e. The van der Waals surface area contributed by atoms with Crippen molar-refractivity contribution in [1.82, 2.24) is 0 Å². The molecule has 3 aliphatic heterocycles. The van der Waals surface area contributed by atoms with Crippen molar-refractivity contribution in [1.29, 1.82) is 0 Å². The Labute approximate surface area is 382 Å². The summed E-state index contributed by atoms with van der Waals surface area (Å²) in [6.07, 6.45) is 6.42. The highest BCUT2D eigenvalue weighted by molar-refractivity contribution is 6.75. The number of methoxy groups -OCH3 is 1. The van der Waals surface area contributed by atoms with Gasteiger partial charge in [-0.1, -0.05) is 89.0 Å². The smallest absolute Gasteiger partial charge is 0.192 e. The van der Waals surface area contributed by atoms with E-state index in [9.17, 15) is 9.59 Å². The SMILES string of the molecule is C=CC(=O)CCC1CC(=C)C(CCC2CC(C)C(=C)C(C[C@@H]3OC(CC(CO[Si](C)(C)C(C)(C)C)O[Si](C)(C)C(C)(C)C)[C@H](OC)C3CC(=O)CCO[Si](C)(C)C(C)(C)C)O2)O1. The zero-order valence-corrected chi connectivity index (χ0v) is 45.6. The first-order chi connectivity index (χ1) is 28.3. The van der Waals surface area contributed by atoms with Gasteiger partial charge < -0.3 is 32.2 Å². The van der Waals surface area contributed by atoms with Crippen LogP contribution in [0.2, 0.25) is 54.4 Å². The second-order valence-corrected chi connectivity index (χ2v) is 38.0. The molecule has 0 aromatic rings. The lowest BCUT2D eigenvalue weighted by atomic mass is 9.81. The Morgan fingerprint density at radius 2 is 1.35 bits per heavy atom. The van der Waals surface area contributed by atoms with E-state index in [0.717, 1.165) is 36.8 Å². The molecule has 12 heteroatoms. The van der Waals surface area contributed by atoms with Crippen LogP contribution in [-0.4, -0.2) is 106 Å². The quantitative estimate of drug-likeness (QED) is 0.0563. The van der Waals surface area contributed by atoms with E-state index in [1.807, 2.05) is 0 Å². The van der Waals surface area contributed by atoms with E-state index in [2.05, 4.69) is 128 Å². The molecule has 0 amide bonds. The molecule has 3 fully saturated rings. The molecule has 3 aliphatic rings. The Bertz CT molecular complexity index is 1520. The molecule has 3 heterocycles. The summed E-state index contributed by atoms with van der Waals surface area (Å²) in [7, 11) is -4.54. The van der Waals surface area contributed by atoms with Crippen molar-refractivity contribution in [2.75, 3.05) is 20.3 Å². The van der Waals surface area contributed by atoms with E-state index in [-0.39, 0.29) is 87.3 Å². The molecule has 0 bridgehead atoms. The summed E-state index contributed by atoms with van der Waals surface area (Å²) in [5, 5.41) is 0.139. The third-order valence-corrected chi connectivity index (χ3v) is 29.2. The van der Waals surface area contributed by atoms with Gasteiger partial charge in [-0.25, -0.2) is 0 Å². The molecule has 62 heavy (non-hydrogen) atoms. The van der Waals surface area contributed by atoms with E-state index in [0.29, 0.717) is 51.7 Å². The van der Waals surface area contributed by atoms with Crippen LogP contribution < -0.4 is 0 Å². The van der Waals surface area contributed by atoms with Gasteiger partial charge in [-0.15, -0.1) is 0 Å². The maximum absolute atomic E-state index is 14.0. The summed E-state index contributed by atoms with van der Waals surface area (Å²) in [4.78, 5) is 25.8. The minimum atomic E-state index is -2.20. The largest absolute Gasteiger partial charge is 0.416 e. The summed E-state index contributed by atoms with van der Waals surface area (Å²) >= 11 is 0. The zero-order valence-electron chi connectivity index (χ0n) is 42.6. The van der Waals surface area contributed by atoms with Gasteiger partial charge in [-0.2, -0.15) is 0 Å². The molecule has 0 saturated carbocycles. The Morgan fingerprint density at radius 3 is 1.92 bits per heavy atom. The average Bonchev–Trinajstić information content (AvgIpc) is 3.65. The third kappa shape index (κ3) is 15.2. The molecule has 0 aromatic carbocycles. The standard InChI is InChI=1S/C50H92O9Si3/c1-21-37(51)22-23-39-29-35(3)43(56-39)25-24-40-28-34(2)36(4)44(57-40)32-45-42(30-38(52)26-27-54-60(15,16)48(5,6)7)47(53-14)46(58-45)31-41(59-62(19,20)50(11,12)13)33-55-61(17,18)49(8,9)10/h21,34,39-47H,1,3-4,22-33H2,2,5-20H3/t34?,39?,40?,41?,42?,43?,44?,45-,46?,47+/m0/s1. The molecule has 0 N–H and O–H groups in total. The van der Waals surface area contributed by atoms with Crippen molar-refractivity contribution < 1.29 is 41.8 Å². The highest BCUT2D eigenvalue weighted by Crippen LogP contribution is 2.44. The van der Waals surface area contributed by atoms with Gasteiger partial charge >= 0.3 is 0 Å². The lowest BCUT2D eigenvalue weighted by Crippen LogP contribution is -2.49. The van der Waals surface area contributed by atoms with Crippen LogP contribution in [0.3, 0.4) is 0 Å². The fourth-order valence-electron chi connectivity index (χ4n) is 8.23. The molecule has 3 rings (SSSR count). The number of carbonyl (C=O) groups excluding carboxylic acids is 2. The summed E-state index contributed by atoms with van der Waals surface area (Å²) in [6, 6.07) is 0. The summed E-state index contributed by atoms with van der Waals surface area (Å²) in [5.74, 6) is 0.304. The Morgan fingerprint density at radius 1 is 0.774 bits per heavy atom. The predicted molar refractivity (Wildman–Crippen MR) is 262 cm³/mol. The second kappa shape index (κ2) is 22.2. The van der Waals surface area contributed by atoms with E-state index >= 15 is 0 Å². The van der Waals surface area contributed by atoms with Crippen molar-refractivity contribution in [3.05, 3.63) is 37.0 Å². The van der Waals surface area contributed by atoms with Crippen LogP contribution in [0, 0.1) is 11.8 Å². The molecular formula is C50H92O9Si3. The van der Waals surface area contributed by atoms with Gasteiger partial charge in [0.05, 0.1) is 55.4 Å². The van der Waals surface area contributed by atoms with Crippen LogP contribution in [0.15, 0.2) is 37.0 Å². The Kier molecular flexibility index (Phi) is 19.7. The molecule has 0 radical (unpaired) electrons. The highest BCUT2D eigenvalue weighted by Gasteiger charge is 2.50. The van der Waals surface area contributed by atoms with Crippen LogP contribution in [0.25, 0.3) is 0 Å². The molecule has 0 aliphatic carbocycles. The second-order valence-electron chi connectivity index (χ2n) is 23.6. The maximum Gasteiger partial charge on any atom is 0.192 e. The molecule has 8 unspecified atom stereocenters. The van der Waals surface area contributed by atoms with Gasteiger partial charge in [0.2, 0.25) is 0 Å². The van der Waals surface area contributed by atoms with Crippen LogP contribution in [0.5, 0.6) is 0 Å². The number of carbonyl (C=O) groups is 2. The molecule has 3 saturated heterocycles. The highest BCUT2D eigenvalue weighted by atomic mass is 28.4. The van der Waals surface area contributed by atoms with E-state index in [1.54, 1.807) is 7.11 Å². The normalized spacial score (nSPS) is 28.7. The van der Waals surface area contributed by atoms with E-state index in [4.69, 9.17) is 32.2 Å². The van der Waals surface area contributed by atoms with Crippen molar-refractivity contribution in [2.24, 2.45) is 11.8 Å². The minimum absolute atomic E-state index is 0.0139. The van der Waals surface area contributed by atoms with E-state index in [1.165, 1.54) is 6.08 Å². The van der Waals surface area contributed by atoms with Crippen LogP contribution in [0.4, 0.5) is 0 Å². The van der Waals surface area contributed by atoms with Gasteiger partial charge in [0.1, 0.15) is 5.78 Å². The monoisotopic (exact) mass is 921 g/mol. The lowest BCUT2D eigenvalue weighted by molar-refractivity contribution is -0.122. The van der Waals surface area contributed by atoms with Crippen molar-refractivity contribution in [2.45, 2.75) is 237 Å². The lowest BCUT2D eigenvalue weighted by Gasteiger charge is -2.42. The van der Waals surface area contributed by atoms with Crippen molar-refractivity contribution in [3.8, 4) is 0 Å². The third-order valence-electron chi connectivity index (χ3n) is 15.7. The van der Waals surface area contributed by atoms with Crippen LogP contribution >= 0.6 is 0 Å². The number of rotatable bonds is 23. The van der Waals surface area contributed by atoms with Crippen LogP contribution in [0.1, 0.15) is 133 Å². The summed E-state index contributed by atoms with van der Waals surface area (Å²) in [5.41, 5.74) is 2.17. The number of hydrogen-bond acceptors (Lipinski definition) is 9. The van der Waals surface area contributed by atoms with E-state index < -0.39 is 25.0 Å². The van der Waals surface area contributed by atoms with Crippen LogP contribution in [-0.2, 0) is 41.8 Å². The van der Waals surface area contributed by atoms with Gasteiger partial charge in [0, 0.05) is 51.7 Å². The number of ketones is 2. The van der Waals surface area contributed by atoms with Crippen molar-refractivity contribution >= 4 is 36.5 Å². The first kappa shape index (κ1) is 55.3.